The first-order chi connectivity index (χ1) is 17.9. The van der Waals surface area contributed by atoms with E-state index in [0.717, 1.165) is 10.8 Å². The molecule has 1 aliphatic carbocycles. The zero-order chi connectivity index (χ0) is 27.7. The maximum Gasteiger partial charge on any atom is 0.326 e. The molecule has 38 heavy (non-hydrogen) atoms. The van der Waals surface area contributed by atoms with Gasteiger partial charge in [0.25, 0.3) is 5.91 Å². The summed E-state index contributed by atoms with van der Waals surface area (Å²) in [5, 5.41) is 26.9. The fourth-order valence-electron chi connectivity index (χ4n) is 5.31. The summed E-state index contributed by atoms with van der Waals surface area (Å²) < 4.78 is 0. The zero-order valence-electron chi connectivity index (χ0n) is 21.7. The summed E-state index contributed by atoms with van der Waals surface area (Å²) in [6, 6.07) is 18.9. The maximum atomic E-state index is 13.1. The number of carboxylic acid groups (broad SMARTS) is 2. The van der Waals surface area contributed by atoms with Gasteiger partial charge in [0.1, 0.15) is 6.04 Å². The van der Waals surface area contributed by atoms with Crippen molar-refractivity contribution >= 4 is 40.2 Å². The number of aliphatic carboxylic acids is 2. The van der Waals surface area contributed by atoms with Crippen LogP contribution in [0, 0.1) is 16.7 Å². The van der Waals surface area contributed by atoms with Gasteiger partial charge in [0, 0.05) is 23.6 Å². The number of carbonyl (C=O) groups is 4. The van der Waals surface area contributed by atoms with E-state index in [-0.39, 0.29) is 12.3 Å². The fraction of sp³-hybridized carbons (Fsp3) is 0.333. The molecule has 1 aliphatic rings. The molecule has 198 valence electrons. The lowest BCUT2D eigenvalue weighted by molar-refractivity contribution is -0.155. The average Bonchev–Trinajstić information content (AvgIpc) is 3.13. The minimum atomic E-state index is -1.18. The second-order valence-electron chi connectivity index (χ2n) is 10.8. The summed E-state index contributed by atoms with van der Waals surface area (Å²) in [7, 11) is 0. The van der Waals surface area contributed by atoms with Gasteiger partial charge < -0.3 is 20.8 Å². The van der Waals surface area contributed by atoms with E-state index in [1.54, 1.807) is 51.1 Å². The lowest BCUT2D eigenvalue weighted by Gasteiger charge is -2.38. The quantitative estimate of drug-likeness (QED) is 0.342. The summed E-state index contributed by atoms with van der Waals surface area (Å²) in [5.74, 6) is -3.46. The molecule has 1 fully saturated rings. The highest BCUT2D eigenvalue weighted by atomic mass is 16.4. The van der Waals surface area contributed by atoms with E-state index in [0.29, 0.717) is 29.7 Å². The van der Waals surface area contributed by atoms with Crippen LogP contribution < -0.4 is 10.6 Å². The van der Waals surface area contributed by atoms with Gasteiger partial charge in [-0.05, 0) is 65.8 Å². The van der Waals surface area contributed by atoms with Crippen molar-refractivity contribution in [2.45, 2.75) is 46.1 Å². The predicted octanol–water partition coefficient (Wildman–Crippen LogP) is 4.73. The Morgan fingerprint density at radius 3 is 2.18 bits per heavy atom. The highest BCUT2D eigenvalue weighted by molar-refractivity contribution is 6.06. The van der Waals surface area contributed by atoms with Crippen LogP contribution in [0.2, 0.25) is 0 Å². The molecule has 0 aromatic heterocycles. The van der Waals surface area contributed by atoms with E-state index in [1.807, 2.05) is 36.4 Å². The summed E-state index contributed by atoms with van der Waals surface area (Å²) in [6.45, 7) is 5.13. The number of rotatable bonds is 8. The van der Waals surface area contributed by atoms with Crippen LogP contribution in [0.15, 0.2) is 66.7 Å². The highest BCUT2D eigenvalue weighted by Crippen LogP contribution is 2.56. The molecule has 0 saturated heterocycles. The molecule has 8 heteroatoms. The molecule has 0 aliphatic heterocycles. The summed E-state index contributed by atoms with van der Waals surface area (Å²) in [4.78, 5) is 49.6. The molecule has 0 bridgehead atoms. The lowest BCUT2D eigenvalue weighted by Crippen LogP contribution is -2.49. The number of fused-ring (bicyclic) bond motifs is 1. The van der Waals surface area contributed by atoms with Crippen LogP contribution in [0.25, 0.3) is 10.8 Å². The fourth-order valence-corrected chi connectivity index (χ4v) is 5.31. The number of carboxylic acids is 2. The number of amides is 2. The van der Waals surface area contributed by atoms with Gasteiger partial charge in [-0.15, -0.1) is 0 Å². The van der Waals surface area contributed by atoms with Gasteiger partial charge in [-0.1, -0.05) is 56.3 Å². The molecule has 0 unspecified atom stereocenters. The van der Waals surface area contributed by atoms with Crippen molar-refractivity contribution in [2.75, 3.05) is 5.32 Å². The van der Waals surface area contributed by atoms with Gasteiger partial charge in [0.2, 0.25) is 5.91 Å². The van der Waals surface area contributed by atoms with Crippen LogP contribution in [0.1, 0.15) is 49.5 Å². The Kier molecular flexibility index (Phi) is 7.26. The summed E-state index contributed by atoms with van der Waals surface area (Å²) in [6.07, 6.45) is 0.764. The number of hydrogen-bond donors (Lipinski definition) is 4. The third-order valence-electron chi connectivity index (χ3n) is 8.29. The molecule has 2 amide bonds. The topological polar surface area (TPSA) is 133 Å². The minimum Gasteiger partial charge on any atom is -0.481 e. The largest absolute Gasteiger partial charge is 0.481 e. The van der Waals surface area contributed by atoms with Crippen LogP contribution >= 0.6 is 0 Å². The Balaban J connectivity index is 1.40. The van der Waals surface area contributed by atoms with Gasteiger partial charge in [0.05, 0.1) is 5.41 Å². The van der Waals surface area contributed by atoms with E-state index in [1.165, 1.54) is 0 Å². The molecule has 1 saturated carbocycles. The molecule has 3 aromatic rings. The average molecular weight is 517 g/mol. The van der Waals surface area contributed by atoms with E-state index in [2.05, 4.69) is 10.6 Å². The van der Waals surface area contributed by atoms with Crippen molar-refractivity contribution in [3.8, 4) is 0 Å². The van der Waals surface area contributed by atoms with Crippen molar-refractivity contribution < 1.29 is 29.4 Å². The monoisotopic (exact) mass is 516 g/mol. The van der Waals surface area contributed by atoms with Gasteiger partial charge in [-0.25, -0.2) is 4.79 Å². The molecule has 4 rings (SSSR count). The number of carbonyl (C=O) groups excluding carboxylic acids is 2. The molecule has 3 atom stereocenters. The number of hydrogen-bond acceptors (Lipinski definition) is 4. The molecule has 0 spiro atoms. The first-order valence-corrected chi connectivity index (χ1v) is 12.6. The minimum absolute atomic E-state index is 0.0450. The zero-order valence-corrected chi connectivity index (χ0v) is 21.7. The standard InChI is InChI=1S/C30H32N2O6/c1-29(2)23(14-15-30(29,3)28(37)38)26(34)32-24(27(35)36)16-18-8-12-22(13-9-18)31-25(33)21-11-10-19-6-4-5-7-20(19)17-21/h4-13,17,23-24H,14-16H2,1-3H3,(H,31,33)(H,32,34)(H,35,36)(H,37,38)/t23-,24+,30+/m1/s1. The first kappa shape index (κ1) is 26.9. The highest BCUT2D eigenvalue weighted by Gasteiger charge is 2.58. The van der Waals surface area contributed by atoms with Gasteiger partial charge >= 0.3 is 11.9 Å². The molecular weight excluding hydrogens is 484 g/mol. The van der Waals surface area contributed by atoms with E-state index >= 15 is 0 Å². The third kappa shape index (κ3) is 5.11. The van der Waals surface area contributed by atoms with Crippen LogP contribution in [-0.4, -0.2) is 40.0 Å². The van der Waals surface area contributed by atoms with Crippen LogP contribution in [0.3, 0.4) is 0 Å². The number of benzene rings is 3. The number of nitrogens with one attached hydrogen (secondary N) is 2. The Labute approximate surface area is 221 Å². The van der Waals surface area contributed by atoms with Gasteiger partial charge in [-0.2, -0.15) is 0 Å². The van der Waals surface area contributed by atoms with Gasteiger partial charge in [0.15, 0.2) is 0 Å². The second kappa shape index (κ2) is 10.3. The van der Waals surface area contributed by atoms with Crippen molar-refractivity contribution in [3.63, 3.8) is 0 Å². The van der Waals surface area contributed by atoms with Crippen molar-refractivity contribution in [3.05, 3.63) is 77.9 Å². The van der Waals surface area contributed by atoms with E-state index in [4.69, 9.17) is 0 Å². The number of anilines is 1. The van der Waals surface area contributed by atoms with E-state index < -0.39 is 40.6 Å². The van der Waals surface area contributed by atoms with Crippen molar-refractivity contribution in [1.82, 2.24) is 5.32 Å². The molecule has 3 aromatic carbocycles. The molecule has 4 N–H and O–H groups in total. The predicted molar refractivity (Wildman–Crippen MR) is 144 cm³/mol. The Morgan fingerprint density at radius 2 is 1.58 bits per heavy atom. The van der Waals surface area contributed by atoms with Crippen molar-refractivity contribution in [2.24, 2.45) is 16.7 Å². The molecule has 8 nitrogen and oxygen atoms in total. The normalized spacial score (nSPS) is 21.0. The Bertz CT molecular complexity index is 1400. The summed E-state index contributed by atoms with van der Waals surface area (Å²) >= 11 is 0. The molecule has 0 heterocycles. The Morgan fingerprint density at radius 1 is 0.921 bits per heavy atom. The van der Waals surface area contributed by atoms with Gasteiger partial charge in [-0.3, -0.25) is 14.4 Å². The Hall–Kier alpha value is -4.20. The van der Waals surface area contributed by atoms with Crippen LogP contribution in [-0.2, 0) is 20.8 Å². The maximum absolute atomic E-state index is 13.1. The lowest BCUT2D eigenvalue weighted by atomic mass is 9.65. The SMILES string of the molecule is CC1(C)[C@@H](C(=O)N[C@@H](Cc2ccc(NC(=O)c3ccc4ccccc4c3)cc2)C(=O)O)CC[C@@]1(C)C(=O)O. The summed E-state index contributed by atoms with van der Waals surface area (Å²) in [5.41, 5.74) is -0.154. The van der Waals surface area contributed by atoms with E-state index in [9.17, 15) is 29.4 Å². The molecular formula is C30H32N2O6. The second-order valence-corrected chi connectivity index (χ2v) is 10.8. The van der Waals surface area contributed by atoms with Crippen LogP contribution in [0.4, 0.5) is 5.69 Å². The van der Waals surface area contributed by atoms with Crippen molar-refractivity contribution in [1.29, 1.82) is 0 Å². The smallest absolute Gasteiger partial charge is 0.326 e. The first-order valence-electron chi connectivity index (χ1n) is 12.6. The third-order valence-corrected chi connectivity index (χ3v) is 8.29. The van der Waals surface area contributed by atoms with Crippen LogP contribution in [0.5, 0.6) is 0 Å². The molecule has 0 radical (unpaired) electrons.